The van der Waals surface area contributed by atoms with Crippen LogP contribution in [0.5, 0.6) is 0 Å². The zero-order valence-corrected chi connectivity index (χ0v) is 7.73. The molecule has 1 unspecified atom stereocenters. The molecule has 1 N–H and O–H groups in total. The molecule has 0 aliphatic heterocycles. The van der Waals surface area contributed by atoms with Crippen molar-refractivity contribution in [2.75, 3.05) is 6.54 Å². The summed E-state index contributed by atoms with van der Waals surface area (Å²) in [7, 11) is 0. The monoisotopic (exact) mass is 194 g/mol. The van der Waals surface area contributed by atoms with Crippen LogP contribution < -0.4 is 5.32 Å². The van der Waals surface area contributed by atoms with E-state index in [-0.39, 0.29) is 5.91 Å². The Hall–Kier alpha value is -1.90. The SMILES string of the molecule is CC(C#N)C(=O)NCCc1ncon1. The second-order valence-corrected chi connectivity index (χ2v) is 2.74. The molecule has 0 saturated heterocycles. The van der Waals surface area contributed by atoms with E-state index in [4.69, 9.17) is 5.26 Å². The minimum Gasteiger partial charge on any atom is -0.355 e. The zero-order valence-electron chi connectivity index (χ0n) is 7.73. The number of carbonyl (C=O) groups excluding carboxylic acids is 1. The highest BCUT2D eigenvalue weighted by atomic mass is 16.5. The number of carbonyl (C=O) groups is 1. The van der Waals surface area contributed by atoms with Gasteiger partial charge in [0.25, 0.3) is 0 Å². The molecule has 1 heterocycles. The maximum Gasteiger partial charge on any atom is 0.237 e. The number of nitrogens with one attached hydrogen (secondary N) is 1. The maximum absolute atomic E-state index is 11.1. The highest BCUT2D eigenvalue weighted by Gasteiger charge is 2.10. The van der Waals surface area contributed by atoms with Gasteiger partial charge >= 0.3 is 0 Å². The Balaban J connectivity index is 2.23. The summed E-state index contributed by atoms with van der Waals surface area (Å²) in [4.78, 5) is 14.9. The van der Waals surface area contributed by atoms with Crippen LogP contribution in [0.4, 0.5) is 0 Å². The number of rotatable bonds is 4. The van der Waals surface area contributed by atoms with Gasteiger partial charge in [-0.15, -0.1) is 0 Å². The Morgan fingerprint density at radius 2 is 2.64 bits per heavy atom. The first-order valence-corrected chi connectivity index (χ1v) is 4.16. The number of nitrogens with zero attached hydrogens (tertiary/aromatic N) is 3. The predicted molar refractivity (Wildman–Crippen MR) is 45.8 cm³/mol. The largest absolute Gasteiger partial charge is 0.355 e. The molecule has 6 heteroatoms. The lowest BCUT2D eigenvalue weighted by Gasteiger charge is -2.03. The molecule has 14 heavy (non-hydrogen) atoms. The van der Waals surface area contributed by atoms with E-state index in [1.165, 1.54) is 6.39 Å². The summed E-state index contributed by atoms with van der Waals surface area (Å²) in [5, 5.41) is 14.6. The molecule has 0 radical (unpaired) electrons. The van der Waals surface area contributed by atoms with E-state index in [1.54, 1.807) is 6.92 Å². The Morgan fingerprint density at radius 1 is 1.86 bits per heavy atom. The maximum atomic E-state index is 11.1. The number of hydrogen-bond acceptors (Lipinski definition) is 5. The van der Waals surface area contributed by atoms with Gasteiger partial charge in [-0.25, -0.2) is 0 Å². The van der Waals surface area contributed by atoms with Gasteiger partial charge in [-0.05, 0) is 6.92 Å². The van der Waals surface area contributed by atoms with Gasteiger partial charge in [-0.3, -0.25) is 4.79 Å². The second-order valence-electron chi connectivity index (χ2n) is 2.74. The lowest BCUT2D eigenvalue weighted by molar-refractivity contribution is -0.122. The van der Waals surface area contributed by atoms with Crippen molar-refractivity contribution >= 4 is 5.91 Å². The molecule has 0 aromatic carbocycles. The van der Waals surface area contributed by atoms with Gasteiger partial charge in [0.2, 0.25) is 12.3 Å². The Morgan fingerprint density at radius 3 is 3.21 bits per heavy atom. The van der Waals surface area contributed by atoms with Gasteiger partial charge in [-0.2, -0.15) is 10.2 Å². The normalized spacial score (nSPS) is 11.7. The minimum absolute atomic E-state index is 0.281. The number of aromatic nitrogens is 2. The van der Waals surface area contributed by atoms with Crippen molar-refractivity contribution in [1.29, 1.82) is 5.26 Å². The molecule has 1 aromatic heterocycles. The molecule has 1 atom stereocenters. The molecule has 0 bridgehead atoms. The third kappa shape index (κ3) is 2.86. The van der Waals surface area contributed by atoms with Crippen molar-refractivity contribution < 1.29 is 9.32 Å². The topological polar surface area (TPSA) is 91.8 Å². The van der Waals surface area contributed by atoms with Gasteiger partial charge in [0.1, 0.15) is 5.92 Å². The molecular formula is C8H10N4O2. The van der Waals surface area contributed by atoms with Gasteiger partial charge in [0.05, 0.1) is 6.07 Å². The zero-order chi connectivity index (χ0) is 10.4. The van der Waals surface area contributed by atoms with Crippen LogP contribution >= 0.6 is 0 Å². The van der Waals surface area contributed by atoms with Crippen molar-refractivity contribution in [2.45, 2.75) is 13.3 Å². The van der Waals surface area contributed by atoms with Gasteiger partial charge in [0.15, 0.2) is 5.82 Å². The van der Waals surface area contributed by atoms with Crippen LogP contribution in [0.3, 0.4) is 0 Å². The van der Waals surface area contributed by atoms with Crippen LogP contribution in [0.15, 0.2) is 10.9 Å². The quantitative estimate of drug-likeness (QED) is 0.721. The van der Waals surface area contributed by atoms with Crippen molar-refractivity contribution in [1.82, 2.24) is 15.5 Å². The molecule has 0 aliphatic carbocycles. The minimum atomic E-state index is -0.625. The van der Waals surface area contributed by atoms with Gasteiger partial charge < -0.3 is 9.84 Å². The van der Waals surface area contributed by atoms with Gasteiger partial charge in [0, 0.05) is 13.0 Å². The smallest absolute Gasteiger partial charge is 0.237 e. The van der Waals surface area contributed by atoms with E-state index in [0.29, 0.717) is 18.8 Å². The molecule has 0 saturated carbocycles. The molecule has 0 spiro atoms. The highest BCUT2D eigenvalue weighted by molar-refractivity contribution is 5.80. The summed E-state index contributed by atoms with van der Waals surface area (Å²) >= 11 is 0. The first kappa shape index (κ1) is 10.2. The molecule has 6 nitrogen and oxygen atoms in total. The van der Waals surface area contributed by atoms with Crippen LogP contribution in [-0.4, -0.2) is 22.6 Å². The fourth-order valence-electron chi connectivity index (χ4n) is 0.812. The van der Waals surface area contributed by atoms with Crippen molar-refractivity contribution in [2.24, 2.45) is 5.92 Å². The third-order valence-electron chi connectivity index (χ3n) is 1.64. The molecular weight excluding hydrogens is 184 g/mol. The molecule has 1 amide bonds. The Bertz CT molecular complexity index is 328. The van der Waals surface area contributed by atoms with Crippen molar-refractivity contribution in [3.8, 4) is 6.07 Å². The average molecular weight is 194 g/mol. The predicted octanol–water partition coefficient (Wildman–Crippen LogP) is -0.112. The Kier molecular flexibility index (Phi) is 3.61. The van der Waals surface area contributed by atoms with Crippen LogP contribution in [0.1, 0.15) is 12.7 Å². The lowest BCUT2D eigenvalue weighted by Crippen LogP contribution is -2.30. The third-order valence-corrected chi connectivity index (χ3v) is 1.64. The summed E-state index contributed by atoms with van der Waals surface area (Å²) in [5.41, 5.74) is 0. The number of nitriles is 1. The molecule has 74 valence electrons. The van der Waals surface area contributed by atoms with E-state index in [1.807, 2.05) is 6.07 Å². The van der Waals surface area contributed by atoms with E-state index >= 15 is 0 Å². The van der Waals surface area contributed by atoms with Crippen LogP contribution in [0, 0.1) is 17.2 Å². The van der Waals surface area contributed by atoms with Crippen molar-refractivity contribution in [3.05, 3.63) is 12.2 Å². The van der Waals surface area contributed by atoms with Crippen LogP contribution in [0.25, 0.3) is 0 Å². The summed E-state index contributed by atoms with van der Waals surface area (Å²) < 4.78 is 4.51. The van der Waals surface area contributed by atoms with E-state index < -0.39 is 5.92 Å². The fraction of sp³-hybridized carbons (Fsp3) is 0.500. The fourth-order valence-corrected chi connectivity index (χ4v) is 0.812. The molecule has 1 aromatic rings. The standard InChI is InChI=1S/C8H10N4O2/c1-6(4-9)8(13)10-3-2-7-11-5-14-12-7/h5-6H,2-3H2,1H3,(H,10,13). The molecule has 1 rings (SSSR count). The van der Waals surface area contributed by atoms with E-state index in [0.717, 1.165) is 0 Å². The summed E-state index contributed by atoms with van der Waals surface area (Å²) in [6.45, 7) is 1.95. The first-order chi connectivity index (χ1) is 6.74. The summed E-state index contributed by atoms with van der Waals surface area (Å²) in [5.74, 6) is -0.369. The summed E-state index contributed by atoms with van der Waals surface area (Å²) in [6.07, 6.45) is 1.73. The number of amides is 1. The lowest BCUT2D eigenvalue weighted by atomic mass is 10.2. The van der Waals surface area contributed by atoms with E-state index in [2.05, 4.69) is 20.0 Å². The first-order valence-electron chi connectivity index (χ1n) is 4.16. The molecule has 0 aliphatic rings. The van der Waals surface area contributed by atoms with Crippen LogP contribution in [-0.2, 0) is 11.2 Å². The average Bonchev–Trinajstić information content (AvgIpc) is 2.69. The highest BCUT2D eigenvalue weighted by Crippen LogP contribution is 1.92. The van der Waals surface area contributed by atoms with Crippen molar-refractivity contribution in [3.63, 3.8) is 0 Å². The summed E-state index contributed by atoms with van der Waals surface area (Å²) in [6, 6.07) is 1.85. The second kappa shape index (κ2) is 4.97. The Labute approximate surface area is 80.9 Å². The molecule has 0 fully saturated rings. The van der Waals surface area contributed by atoms with Gasteiger partial charge in [-0.1, -0.05) is 5.16 Å². The van der Waals surface area contributed by atoms with Crippen LogP contribution in [0.2, 0.25) is 0 Å². The number of hydrogen-bond donors (Lipinski definition) is 1. The van der Waals surface area contributed by atoms with E-state index in [9.17, 15) is 4.79 Å².